The minimum atomic E-state index is -0.514. The van der Waals surface area contributed by atoms with Gasteiger partial charge in [0.2, 0.25) is 12.8 Å². The van der Waals surface area contributed by atoms with Crippen LogP contribution in [0.1, 0.15) is 0 Å². The Morgan fingerprint density at radius 2 is 1.00 bits per heavy atom. The van der Waals surface area contributed by atoms with Crippen molar-refractivity contribution in [1.29, 1.82) is 0 Å². The van der Waals surface area contributed by atoms with Crippen LogP contribution in [0.25, 0.3) is 0 Å². The van der Waals surface area contributed by atoms with E-state index < -0.39 is 12.8 Å². The van der Waals surface area contributed by atoms with Crippen LogP contribution in [-0.2, 0) is 18.9 Å². The van der Waals surface area contributed by atoms with Crippen LogP contribution in [0.15, 0.2) is 0 Å². The van der Waals surface area contributed by atoms with Gasteiger partial charge in [0.1, 0.15) is 0 Å². The van der Waals surface area contributed by atoms with Crippen molar-refractivity contribution in [2.45, 2.75) is 12.8 Å². The van der Waals surface area contributed by atoms with Gasteiger partial charge < -0.3 is 18.9 Å². The summed E-state index contributed by atoms with van der Waals surface area (Å²) in [7, 11) is 6.07. The summed E-state index contributed by atoms with van der Waals surface area (Å²) >= 11 is 0. The standard InChI is InChI=1S/C6H15NO4/c1-8-5(9-2)7-6(10-3)11-4/h5-7H,1-4H3. The van der Waals surface area contributed by atoms with E-state index in [1.807, 2.05) is 0 Å². The zero-order valence-corrected chi connectivity index (χ0v) is 7.29. The van der Waals surface area contributed by atoms with Gasteiger partial charge in [0.05, 0.1) is 0 Å². The maximum Gasteiger partial charge on any atom is 0.219 e. The number of methoxy groups -OCH3 is 4. The molecule has 68 valence electrons. The average Bonchev–Trinajstić information content (AvgIpc) is 2.07. The summed E-state index contributed by atoms with van der Waals surface area (Å²) in [5.41, 5.74) is 0. The molecule has 0 aromatic carbocycles. The third kappa shape index (κ3) is 4.28. The first-order valence-corrected chi connectivity index (χ1v) is 3.15. The molecule has 0 atom stereocenters. The Balaban J connectivity index is 3.58. The van der Waals surface area contributed by atoms with Gasteiger partial charge in [-0.25, -0.2) is 5.32 Å². The molecule has 0 saturated carbocycles. The summed E-state index contributed by atoms with van der Waals surface area (Å²) < 4.78 is 19.4. The van der Waals surface area contributed by atoms with E-state index in [4.69, 9.17) is 18.9 Å². The van der Waals surface area contributed by atoms with Crippen LogP contribution in [-0.4, -0.2) is 41.3 Å². The number of hydrogen-bond donors (Lipinski definition) is 1. The molecule has 0 unspecified atom stereocenters. The van der Waals surface area contributed by atoms with Gasteiger partial charge in [-0.05, 0) is 0 Å². The van der Waals surface area contributed by atoms with Crippen LogP contribution in [0.5, 0.6) is 0 Å². The van der Waals surface area contributed by atoms with Gasteiger partial charge in [-0.1, -0.05) is 0 Å². The van der Waals surface area contributed by atoms with Crippen molar-refractivity contribution < 1.29 is 18.9 Å². The van der Waals surface area contributed by atoms with Crippen LogP contribution >= 0.6 is 0 Å². The van der Waals surface area contributed by atoms with Crippen molar-refractivity contribution in [2.75, 3.05) is 28.4 Å². The molecule has 0 aliphatic rings. The van der Waals surface area contributed by atoms with Crippen molar-refractivity contribution in [1.82, 2.24) is 5.32 Å². The number of ether oxygens (including phenoxy) is 4. The predicted molar refractivity (Wildman–Crippen MR) is 38.7 cm³/mol. The van der Waals surface area contributed by atoms with Crippen LogP contribution in [0.4, 0.5) is 0 Å². The molecule has 5 heteroatoms. The van der Waals surface area contributed by atoms with Crippen molar-refractivity contribution >= 4 is 0 Å². The van der Waals surface area contributed by atoms with Gasteiger partial charge >= 0.3 is 0 Å². The lowest BCUT2D eigenvalue weighted by Gasteiger charge is -2.20. The van der Waals surface area contributed by atoms with Gasteiger partial charge in [-0.15, -0.1) is 0 Å². The fraction of sp³-hybridized carbons (Fsp3) is 1.00. The largest absolute Gasteiger partial charge is 0.343 e. The first-order valence-electron chi connectivity index (χ1n) is 3.15. The SMILES string of the molecule is COC(NC(OC)OC)OC. The highest BCUT2D eigenvalue weighted by Crippen LogP contribution is 1.91. The molecule has 0 fully saturated rings. The van der Waals surface area contributed by atoms with Gasteiger partial charge in [0.15, 0.2) is 0 Å². The third-order valence-corrected chi connectivity index (χ3v) is 1.13. The normalized spacial score (nSPS) is 11.5. The lowest BCUT2D eigenvalue weighted by Crippen LogP contribution is -2.42. The lowest BCUT2D eigenvalue weighted by molar-refractivity contribution is -0.205. The Kier molecular flexibility index (Phi) is 6.39. The molecule has 0 aromatic rings. The zero-order valence-electron chi connectivity index (χ0n) is 7.29. The fourth-order valence-electron chi connectivity index (χ4n) is 0.576. The van der Waals surface area contributed by atoms with Gasteiger partial charge in [-0.2, -0.15) is 0 Å². The topological polar surface area (TPSA) is 49.0 Å². The first kappa shape index (κ1) is 10.8. The summed E-state index contributed by atoms with van der Waals surface area (Å²) in [5, 5.41) is 2.76. The molecule has 0 bridgehead atoms. The second-order valence-electron chi connectivity index (χ2n) is 1.77. The van der Waals surface area contributed by atoms with Crippen LogP contribution in [0, 0.1) is 0 Å². The maximum absolute atomic E-state index is 4.84. The molecule has 0 amide bonds. The Morgan fingerprint density at radius 3 is 1.18 bits per heavy atom. The maximum atomic E-state index is 4.84. The Hall–Kier alpha value is -0.200. The van der Waals surface area contributed by atoms with Crippen LogP contribution in [0.2, 0.25) is 0 Å². The van der Waals surface area contributed by atoms with Gasteiger partial charge in [0.25, 0.3) is 0 Å². The lowest BCUT2D eigenvalue weighted by atomic mass is 10.9. The highest BCUT2D eigenvalue weighted by molar-refractivity contribution is 4.39. The van der Waals surface area contributed by atoms with E-state index in [2.05, 4.69) is 5.32 Å². The van der Waals surface area contributed by atoms with Crippen molar-refractivity contribution in [3.8, 4) is 0 Å². The third-order valence-electron chi connectivity index (χ3n) is 1.13. The van der Waals surface area contributed by atoms with E-state index in [1.165, 1.54) is 28.4 Å². The highest BCUT2D eigenvalue weighted by atomic mass is 16.7. The Morgan fingerprint density at radius 1 is 0.727 bits per heavy atom. The van der Waals surface area contributed by atoms with E-state index >= 15 is 0 Å². The summed E-state index contributed by atoms with van der Waals surface area (Å²) in [6.45, 7) is 0. The molecule has 0 aliphatic carbocycles. The van der Waals surface area contributed by atoms with E-state index in [0.29, 0.717) is 0 Å². The zero-order chi connectivity index (χ0) is 8.69. The summed E-state index contributed by atoms with van der Waals surface area (Å²) in [6.07, 6.45) is -1.03. The molecule has 0 aromatic heterocycles. The molecule has 0 radical (unpaired) electrons. The molecule has 1 N–H and O–H groups in total. The van der Waals surface area contributed by atoms with Crippen molar-refractivity contribution in [3.05, 3.63) is 0 Å². The van der Waals surface area contributed by atoms with Crippen molar-refractivity contribution in [3.63, 3.8) is 0 Å². The molecule has 5 nitrogen and oxygen atoms in total. The second-order valence-corrected chi connectivity index (χ2v) is 1.77. The summed E-state index contributed by atoms with van der Waals surface area (Å²) in [4.78, 5) is 0. The molecule has 0 aliphatic heterocycles. The molecule has 0 spiro atoms. The predicted octanol–water partition coefficient (Wildman–Crippen LogP) is -0.271. The summed E-state index contributed by atoms with van der Waals surface area (Å²) in [5.74, 6) is 0. The van der Waals surface area contributed by atoms with Gasteiger partial charge in [0, 0.05) is 28.4 Å². The number of hydrogen-bond acceptors (Lipinski definition) is 5. The molecule has 0 rings (SSSR count). The highest BCUT2D eigenvalue weighted by Gasteiger charge is 2.11. The Bertz CT molecular complexity index is 72.7. The quantitative estimate of drug-likeness (QED) is 0.549. The molecular formula is C6H15NO4. The first-order chi connectivity index (χ1) is 5.28. The van der Waals surface area contributed by atoms with Crippen LogP contribution in [0.3, 0.4) is 0 Å². The number of rotatable bonds is 6. The average molecular weight is 165 g/mol. The molecule has 0 saturated heterocycles. The van der Waals surface area contributed by atoms with Crippen LogP contribution < -0.4 is 5.32 Å². The number of nitrogens with one attached hydrogen (secondary N) is 1. The minimum Gasteiger partial charge on any atom is -0.343 e. The van der Waals surface area contributed by atoms with E-state index in [0.717, 1.165) is 0 Å². The van der Waals surface area contributed by atoms with Gasteiger partial charge in [-0.3, -0.25) is 0 Å². The summed E-state index contributed by atoms with van der Waals surface area (Å²) in [6, 6.07) is 0. The Labute approximate surface area is 66.6 Å². The van der Waals surface area contributed by atoms with E-state index in [9.17, 15) is 0 Å². The van der Waals surface area contributed by atoms with E-state index in [-0.39, 0.29) is 0 Å². The molecular weight excluding hydrogens is 150 g/mol. The van der Waals surface area contributed by atoms with E-state index in [1.54, 1.807) is 0 Å². The molecule has 0 heterocycles. The monoisotopic (exact) mass is 165 g/mol. The minimum absolute atomic E-state index is 0.514. The second kappa shape index (κ2) is 6.51. The fourth-order valence-corrected chi connectivity index (χ4v) is 0.576. The van der Waals surface area contributed by atoms with Crippen molar-refractivity contribution in [2.24, 2.45) is 0 Å². The smallest absolute Gasteiger partial charge is 0.219 e. The molecule has 11 heavy (non-hydrogen) atoms.